The Morgan fingerprint density at radius 2 is 1.77 bits per heavy atom. The van der Waals surface area contributed by atoms with E-state index in [1.165, 1.54) is 18.4 Å². The van der Waals surface area contributed by atoms with E-state index in [1.54, 1.807) is 36.0 Å². The Kier molecular flexibility index (Phi) is 4.71. The Hall–Kier alpha value is -2.67. The van der Waals surface area contributed by atoms with Crippen molar-refractivity contribution in [3.05, 3.63) is 81.7 Å². The highest BCUT2D eigenvalue weighted by Gasteiger charge is 2.30. The average molecular weight is 366 g/mol. The van der Waals surface area contributed by atoms with Crippen molar-refractivity contribution < 1.29 is 4.92 Å². The number of aromatic nitrogens is 3. The van der Waals surface area contributed by atoms with Gasteiger partial charge in [0.2, 0.25) is 0 Å². The van der Waals surface area contributed by atoms with E-state index in [9.17, 15) is 10.1 Å². The number of nitro groups is 1. The molecule has 0 spiro atoms. The summed E-state index contributed by atoms with van der Waals surface area (Å²) in [6.07, 6.45) is 2.36. The van der Waals surface area contributed by atoms with E-state index in [1.807, 2.05) is 18.2 Å². The molecule has 0 atom stereocenters. The number of thioether (sulfide) groups is 1. The van der Waals surface area contributed by atoms with Gasteiger partial charge in [0.05, 0.1) is 11.5 Å². The predicted molar refractivity (Wildman–Crippen MR) is 100 cm³/mol. The maximum atomic E-state index is 10.8. The molecule has 1 aliphatic carbocycles. The number of nitro benzene ring substituents is 1. The summed E-state index contributed by atoms with van der Waals surface area (Å²) in [6, 6.07) is 17.0. The lowest BCUT2D eigenvalue weighted by Crippen LogP contribution is -2.06. The summed E-state index contributed by atoms with van der Waals surface area (Å²) in [4.78, 5) is 10.4. The highest BCUT2D eigenvalue weighted by Crippen LogP contribution is 2.40. The fourth-order valence-corrected chi connectivity index (χ4v) is 3.73. The van der Waals surface area contributed by atoms with Crippen LogP contribution in [0.3, 0.4) is 0 Å². The second-order valence-electron chi connectivity index (χ2n) is 6.40. The standard InChI is InChI=1S/C19H18N4O2S/c24-23(25)17-10-6-15(7-11-17)13-26-19-21-20-18(16-8-9-16)22(19)12-14-4-2-1-3-5-14/h1-7,10-11,16H,8-9,12-13H2. The quantitative estimate of drug-likeness (QED) is 0.352. The molecule has 0 radical (unpaired) electrons. The first-order valence-electron chi connectivity index (χ1n) is 8.54. The minimum Gasteiger partial charge on any atom is -0.301 e. The van der Waals surface area contributed by atoms with E-state index < -0.39 is 0 Å². The van der Waals surface area contributed by atoms with Gasteiger partial charge in [-0.1, -0.05) is 54.2 Å². The van der Waals surface area contributed by atoms with Crippen molar-refractivity contribution >= 4 is 17.4 Å². The lowest BCUT2D eigenvalue weighted by Gasteiger charge is -2.10. The van der Waals surface area contributed by atoms with Gasteiger partial charge in [-0.2, -0.15) is 0 Å². The van der Waals surface area contributed by atoms with Crippen molar-refractivity contribution in [1.29, 1.82) is 0 Å². The third kappa shape index (κ3) is 3.77. The molecule has 132 valence electrons. The SMILES string of the molecule is O=[N+]([O-])c1ccc(CSc2nnc(C3CC3)n2Cc2ccccc2)cc1. The first-order valence-corrected chi connectivity index (χ1v) is 9.52. The van der Waals surface area contributed by atoms with Crippen LogP contribution >= 0.6 is 11.8 Å². The first-order chi connectivity index (χ1) is 12.7. The summed E-state index contributed by atoms with van der Waals surface area (Å²) < 4.78 is 2.21. The zero-order chi connectivity index (χ0) is 17.9. The molecule has 0 saturated heterocycles. The summed E-state index contributed by atoms with van der Waals surface area (Å²) in [5.74, 6) is 2.30. The Balaban J connectivity index is 1.51. The second-order valence-corrected chi connectivity index (χ2v) is 7.34. The molecule has 1 aliphatic rings. The van der Waals surface area contributed by atoms with Crippen LogP contribution in [0, 0.1) is 10.1 Å². The summed E-state index contributed by atoms with van der Waals surface area (Å²) in [6.45, 7) is 0.766. The van der Waals surface area contributed by atoms with Crippen LogP contribution in [0.1, 0.15) is 35.7 Å². The van der Waals surface area contributed by atoms with Gasteiger partial charge < -0.3 is 4.57 Å². The van der Waals surface area contributed by atoms with Crippen LogP contribution in [0.25, 0.3) is 0 Å². The number of rotatable bonds is 7. The molecule has 0 unspecified atom stereocenters. The van der Waals surface area contributed by atoms with Crippen molar-refractivity contribution in [1.82, 2.24) is 14.8 Å². The summed E-state index contributed by atoms with van der Waals surface area (Å²) in [7, 11) is 0. The van der Waals surface area contributed by atoms with Crippen molar-refractivity contribution in [2.24, 2.45) is 0 Å². The molecule has 0 amide bonds. The topological polar surface area (TPSA) is 73.8 Å². The van der Waals surface area contributed by atoms with Crippen molar-refractivity contribution in [3.8, 4) is 0 Å². The van der Waals surface area contributed by atoms with Crippen LogP contribution < -0.4 is 0 Å². The van der Waals surface area contributed by atoms with Gasteiger partial charge in [-0.25, -0.2) is 0 Å². The molecule has 1 heterocycles. The van der Waals surface area contributed by atoms with Crippen LogP contribution in [-0.4, -0.2) is 19.7 Å². The van der Waals surface area contributed by atoms with Gasteiger partial charge in [-0.3, -0.25) is 10.1 Å². The summed E-state index contributed by atoms with van der Waals surface area (Å²) in [5, 5.41) is 20.5. The van der Waals surface area contributed by atoms with Crippen LogP contribution in [0.2, 0.25) is 0 Å². The van der Waals surface area contributed by atoms with Gasteiger partial charge in [0.1, 0.15) is 5.82 Å². The lowest BCUT2D eigenvalue weighted by molar-refractivity contribution is -0.384. The second kappa shape index (κ2) is 7.29. The van der Waals surface area contributed by atoms with E-state index in [0.29, 0.717) is 11.7 Å². The number of hydrogen-bond donors (Lipinski definition) is 0. The molecule has 1 fully saturated rings. The monoisotopic (exact) mass is 366 g/mol. The van der Waals surface area contributed by atoms with E-state index in [4.69, 9.17) is 0 Å². The molecule has 1 saturated carbocycles. The fourth-order valence-electron chi connectivity index (χ4n) is 2.83. The molecule has 0 aliphatic heterocycles. The summed E-state index contributed by atoms with van der Waals surface area (Å²) in [5.41, 5.74) is 2.37. The average Bonchev–Trinajstić information content (AvgIpc) is 3.43. The predicted octanol–water partition coefficient (Wildman–Crippen LogP) is 4.40. The highest BCUT2D eigenvalue weighted by atomic mass is 32.2. The van der Waals surface area contributed by atoms with E-state index in [2.05, 4.69) is 26.9 Å². The van der Waals surface area contributed by atoms with Crippen molar-refractivity contribution in [2.75, 3.05) is 0 Å². The van der Waals surface area contributed by atoms with E-state index >= 15 is 0 Å². The Bertz CT molecular complexity index is 905. The molecule has 4 rings (SSSR count). The zero-order valence-corrected chi connectivity index (χ0v) is 14.9. The molecule has 0 N–H and O–H groups in total. The number of benzene rings is 2. The molecule has 3 aromatic rings. The Labute approximate surface area is 155 Å². The van der Waals surface area contributed by atoms with Gasteiger partial charge in [0, 0.05) is 23.8 Å². The summed E-state index contributed by atoms with van der Waals surface area (Å²) >= 11 is 1.62. The van der Waals surface area contributed by atoms with Gasteiger partial charge >= 0.3 is 0 Å². The maximum absolute atomic E-state index is 10.8. The third-order valence-electron chi connectivity index (χ3n) is 4.39. The largest absolute Gasteiger partial charge is 0.301 e. The maximum Gasteiger partial charge on any atom is 0.269 e. The van der Waals surface area contributed by atoms with Gasteiger partial charge in [-0.05, 0) is 24.0 Å². The van der Waals surface area contributed by atoms with Gasteiger partial charge in [-0.15, -0.1) is 10.2 Å². The van der Waals surface area contributed by atoms with Crippen LogP contribution in [-0.2, 0) is 12.3 Å². The Morgan fingerprint density at radius 3 is 2.42 bits per heavy atom. The number of nitrogens with zero attached hydrogens (tertiary/aromatic N) is 4. The molecule has 26 heavy (non-hydrogen) atoms. The minimum atomic E-state index is -0.380. The molecule has 7 heteroatoms. The van der Waals surface area contributed by atoms with E-state index in [-0.39, 0.29) is 10.6 Å². The fraction of sp³-hybridized carbons (Fsp3) is 0.263. The smallest absolute Gasteiger partial charge is 0.269 e. The number of non-ortho nitro benzene ring substituents is 1. The molecular weight excluding hydrogens is 348 g/mol. The molecule has 0 bridgehead atoms. The van der Waals surface area contributed by atoms with Crippen molar-refractivity contribution in [2.45, 2.75) is 36.2 Å². The molecule has 6 nitrogen and oxygen atoms in total. The molecule has 1 aromatic heterocycles. The lowest BCUT2D eigenvalue weighted by atomic mass is 10.2. The van der Waals surface area contributed by atoms with Crippen LogP contribution in [0.4, 0.5) is 5.69 Å². The Morgan fingerprint density at radius 1 is 1.04 bits per heavy atom. The highest BCUT2D eigenvalue weighted by molar-refractivity contribution is 7.98. The number of hydrogen-bond acceptors (Lipinski definition) is 5. The van der Waals surface area contributed by atoms with E-state index in [0.717, 1.165) is 23.1 Å². The normalized spacial score (nSPS) is 13.7. The van der Waals surface area contributed by atoms with Crippen LogP contribution in [0.15, 0.2) is 59.8 Å². The minimum absolute atomic E-state index is 0.113. The first kappa shape index (κ1) is 16.8. The van der Waals surface area contributed by atoms with Gasteiger partial charge in [0.15, 0.2) is 5.16 Å². The third-order valence-corrected chi connectivity index (χ3v) is 5.42. The zero-order valence-electron chi connectivity index (χ0n) is 14.1. The van der Waals surface area contributed by atoms with Gasteiger partial charge in [0.25, 0.3) is 5.69 Å². The molecular formula is C19H18N4O2S. The van der Waals surface area contributed by atoms with Crippen molar-refractivity contribution in [3.63, 3.8) is 0 Å². The molecule has 2 aromatic carbocycles. The van der Waals surface area contributed by atoms with Crippen LogP contribution in [0.5, 0.6) is 0 Å².